The Bertz CT molecular complexity index is 335. The summed E-state index contributed by atoms with van der Waals surface area (Å²) in [5, 5.41) is 4.13. The summed E-state index contributed by atoms with van der Waals surface area (Å²) in [7, 11) is 0. The minimum absolute atomic E-state index is 1.15. The molecule has 55 valence electrons. The van der Waals surface area contributed by atoms with Gasteiger partial charge in [0.25, 0.3) is 0 Å². The lowest BCUT2D eigenvalue weighted by atomic mass is 10.4. The number of hydrogen-bond donors (Lipinski definition) is 0. The number of halogens is 1. The van der Waals surface area contributed by atoms with E-state index in [2.05, 4.69) is 33.4 Å². The van der Waals surface area contributed by atoms with Crippen molar-refractivity contribution in [3.05, 3.63) is 33.4 Å². The molecule has 0 spiro atoms. The highest BCUT2D eigenvalue weighted by Crippen LogP contribution is 2.32. The van der Waals surface area contributed by atoms with Crippen molar-refractivity contribution >= 4 is 38.6 Å². The largest absolute Gasteiger partial charge is 0.142 e. The topological polar surface area (TPSA) is 0 Å². The fourth-order valence-electron chi connectivity index (χ4n) is 0.807. The molecule has 0 aromatic carbocycles. The van der Waals surface area contributed by atoms with Crippen LogP contribution in [0.15, 0.2) is 27.4 Å². The lowest BCUT2D eigenvalue weighted by molar-refractivity contribution is 1.86. The van der Waals surface area contributed by atoms with Crippen molar-refractivity contribution in [2.45, 2.75) is 0 Å². The van der Waals surface area contributed by atoms with Crippen LogP contribution < -0.4 is 0 Å². The van der Waals surface area contributed by atoms with Gasteiger partial charge in [-0.3, -0.25) is 0 Å². The molecule has 1 radical (unpaired) electrons. The van der Waals surface area contributed by atoms with Crippen LogP contribution in [0.1, 0.15) is 0 Å². The number of rotatable bonds is 1. The predicted molar refractivity (Wildman–Crippen MR) is 54.2 cm³/mol. The van der Waals surface area contributed by atoms with Gasteiger partial charge in [0.15, 0.2) is 0 Å². The quantitative estimate of drug-likeness (QED) is 0.710. The summed E-state index contributed by atoms with van der Waals surface area (Å²) >= 11 is 6.88. The van der Waals surface area contributed by atoms with Gasteiger partial charge in [-0.15, -0.1) is 22.7 Å². The second kappa shape index (κ2) is 3.09. The summed E-state index contributed by atoms with van der Waals surface area (Å²) in [6.45, 7) is 0. The SMILES string of the molecule is Brc1csc(-c2[c]ccs2)c1. The molecule has 0 unspecified atom stereocenters. The molecule has 0 N–H and O–H groups in total. The van der Waals surface area contributed by atoms with Crippen molar-refractivity contribution in [1.29, 1.82) is 0 Å². The van der Waals surface area contributed by atoms with Crippen LogP contribution in [-0.2, 0) is 0 Å². The van der Waals surface area contributed by atoms with Crippen LogP contribution in [0.5, 0.6) is 0 Å². The first-order chi connectivity index (χ1) is 5.36. The molecule has 2 rings (SSSR count). The van der Waals surface area contributed by atoms with Gasteiger partial charge in [0.05, 0.1) is 4.88 Å². The molecule has 0 fully saturated rings. The molecule has 0 amide bonds. The third kappa shape index (κ3) is 1.55. The molecule has 2 aromatic heterocycles. The maximum absolute atomic E-state index is 3.42. The minimum Gasteiger partial charge on any atom is -0.142 e. The molecule has 0 saturated carbocycles. The van der Waals surface area contributed by atoms with E-state index < -0.39 is 0 Å². The van der Waals surface area contributed by atoms with E-state index >= 15 is 0 Å². The van der Waals surface area contributed by atoms with Gasteiger partial charge < -0.3 is 0 Å². The molecule has 2 aromatic rings. The Kier molecular flexibility index (Phi) is 2.11. The molecular formula is C8H4BrS2. The van der Waals surface area contributed by atoms with Gasteiger partial charge >= 0.3 is 0 Å². The Morgan fingerprint density at radius 2 is 2.27 bits per heavy atom. The van der Waals surface area contributed by atoms with Crippen LogP contribution in [0, 0.1) is 6.07 Å². The maximum atomic E-state index is 3.42. The molecule has 0 aliphatic rings. The van der Waals surface area contributed by atoms with E-state index in [4.69, 9.17) is 0 Å². The van der Waals surface area contributed by atoms with Crippen LogP contribution in [0.25, 0.3) is 9.75 Å². The Balaban J connectivity index is 2.45. The lowest BCUT2D eigenvalue weighted by Gasteiger charge is -1.84. The Morgan fingerprint density at radius 3 is 2.82 bits per heavy atom. The van der Waals surface area contributed by atoms with Crippen LogP contribution in [0.2, 0.25) is 0 Å². The molecule has 2 heterocycles. The zero-order valence-corrected chi connectivity index (χ0v) is 8.72. The third-order valence-electron chi connectivity index (χ3n) is 1.26. The van der Waals surface area contributed by atoms with Gasteiger partial charge in [-0.25, -0.2) is 0 Å². The standard InChI is InChI=1S/C8H4BrS2/c9-6-4-8(11-5-6)7-2-1-3-10-7/h1,3-5H. The lowest BCUT2D eigenvalue weighted by Crippen LogP contribution is -1.57. The van der Waals surface area contributed by atoms with E-state index in [0.29, 0.717) is 0 Å². The maximum Gasteiger partial charge on any atom is 0.0521 e. The van der Waals surface area contributed by atoms with E-state index in [1.165, 1.54) is 9.75 Å². The Hall–Kier alpha value is -0.120. The molecule has 0 aliphatic heterocycles. The van der Waals surface area contributed by atoms with Gasteiger partial charge in [0.1, 0.15) is 0 Å². The second-order valence-corrected chi connectivity index (χ2v) is 4.77. The highest BCUT2D eigenvalue weighted by Gasteiger charge is 2.00. The molecule has 0 bridgehead atoms. The van der Waals surface area contributed by atoms with E-state index in [1.54, 1.807) is 22.7 Å². The van der Waals surface area contributed by atoms with Crippen molar-refractivity contribution in [2.75, 3.05) is 0 Å². The number of thiophene rings is 2. The highest BCUT2D eigenvalue weighted by molar-refractivity contribution is 9.10. The fraction of sp³-hybridized carbons (Fsp3) is 0. The highest BCUT2D eigenvalue weighted by atomic mass is 79.9. The van der Waals surface area contributed by atoms with E-state index in [9.17, 15) is 0 Å². The Labute approximate surface area is 81.6 Å². The molecule has 0 aliphatic carbocycles. The summed E-state index contributed by atoms with van der Waals surface area (Å²) in [6.07, 6.45) is 0. The zero-order chi connectivity index (χ0) is 7.68. The van der Waals surface area contributed by atoms with Crippen molar-refractivity contribution in [3.63, 3.8) is 0 Å². The van der Waals surface area contributed by atoms with Crippen molar-refractivity contribution in [1.82, 2.24) is 0 Å². The van der Waals surface area contributed by atoms with Gasteiger partial charge in [0, 0.05) is 20.8 Å². The molecule has 3 heteroatoms. The van der Waals surface area contributed by atoms with E-state index in [1.807, 2.05) is 11.4 Å². The van der Waals surface area contributed by atoms with Gasteiger partial charge in [0.2, 0.25) is 0 Å². The van der Waals surface area contributed by atoms with Crippen LogP contribution in [0.4, 0.5) is 0 Å². The molecule has 0 nitrogen and oxygen atoms in total. The first-order valence-electron chi connectivity index (χ1n) is 3.06. The summed E-state index contributed by atoms with van der Waals surface area (Å²) in [5.74, 6) is 0. The zero-order valence-electron chi connectivity index (χ0n) is 5.50. The average molecular weight is 244 g/mol. The first kappa shape index (κ1) is 7.53. The van der Waals surface area contributed by atoms with E-state index in [-0.39, 0.29) is 0 Å². The summed E-state index contributed by atoms with van der Waals surface area (Å²) < 4.78 is 1.15. The average Bonchev–Trinajstić information content (AvgIpc) is 2.55. The Morgan fingerprint density at radius 1 is 1.36 bits per heavy atom. The van der Waals surface area contributed by atoms with Gasteiger partial charge in [-0.2, -0.15) is 0 Å². The summed E-state index contributed by atoms with van der Waals surface area (Å²) in [6, 6.07) is 7.24. The molecule has 0 atom stereocenters. The van der Waals surface area contributed by atoms with Crippen molar-refractivity contribution in [3.8, 4) is 9.75 Å². The smallest absolute Gasteiger partial charge is 0.0521 e. The summed E-state index contributed by atoms with van der Waals surface area (Å²) in [5.41, 5.74) is 0. The summed E-state index contributed by atoms with van der Waals surface area (Å²) in [4.78, 5) is 2.51. The van der Waals surface area contributed by atoms with Crippen molar-refractivity contribution < 1.29 is 0 Å². The minimum atomic E-state index is 1.15. The van der Waals surface area contributed by atoms with Gasteiger partial charge in [-0.1, -0.05) is 0 Å². The van der Waals surface area contributed by atoms with Crippen LogP contribution >= 0.6 is 38.6 Å². The first-order valence-corrected chi connectivity index (χ1v) is 5.61. The molecule has 0 saturated heterocycles. The number of hydrogen-bond acceptors (Lipinski definition) is 2. The third-order valence-corrected chi connectivity index (χ3v) is 3.94. The molecule has 11 heavy (non-hydrogen) atoms. The van der Waals surface area contributed by atoms with E-state index in [0.717, 1.165) is 4.47 Å². The van der Waals surface area contributed by atoms with Crippen LogP contribution in [-0.4, -0.2) is 0 Å². The van der Waals surface area contributed by atoms with Gasteiger partial charge in [-0.05, 0) is 33.4 Å². The second-order valence-electron chi connectivity index (χ2n) is 2.02. The normalized spacial score (nSPS) is 10.3. The van der Waals surface area contributed by atoms with Crippen molar-refractivity contribution in [2.24, 2.45) is 0 Å². The van der Waals surface area contributed by atoms with Crippen LogP contribution in [0.3, 0.4) is 0 Å². The fourth-order valence-corrected chi connectivity index (χ4v) is 3.01. The molecular weight excluding hydrogens is 240 g/mol. The predicted octanol–water partition coefficient (Wildman–Crippen LogP) is 4.04. The monoisotopic (exact) mass is 243 g/mol.